The summed E-state index contributed by atoms with van der Waals surface area (Å²) in [6, 6.07) is 14.7. The van der Waals surface area contributed by atoms with E-state index >= 15 is 0 Å². The number of sulfonamides is 1. The Kier molecular flexibility index (Phi) is 3.14. The number of benzene rings is 2. The van der Waals surface area contributed by atoms with Crippen molar-refractivity contribution in [2.75, 3.05) is 16.6 Å². The third kappa shape index (κ3) is 2.25. The van der Waals surface area contributed by atoms with Gasteiger partial charge in [-0.25, -0.2) is 8.42 Å². The molecular formula is C15H16N2O2S. The molecule has 2 aromatic rings. The number of para-hydroxylation sites is 2. The summed E-state index contributed by atoms with van der Waals surface area (Å²) in [5, 5.41) is 0. The first-order valence-corrected chi connectivity index (χ1v) is 8.10. The monoisotopic (exact) mass is 288 g/mol. The highest BCUT2D eigenvalue weighted by molar-refractivity contribution is 7.92. The SMILES string of the molecule is Nc1ccccc1CS(=O)(=O)N1CCc2ccccc21. The van der Waals surface area contributed by atoms with Crippen LogP contribution in [0, 0.1) is 0 Å². The summed E-state index contributed by atoms with van der Waals surface area (Å²) in [6.07, 6.45) is 0.764. The zero-order valence-corrected chi connectivity index (χ0v) is 11.8. The molecule has 0 spiro atoms. The molecule has 0 saturated heterocycles. The molecule has 0 fully saturated rings. The lowest BCUT2D eigenvalue weighted by Gasteiger charge is -2.20. The van der Waals surface area contributed by atoms with Crippen LogP contribution in [0.2, 0.25) is 0 Å². The average Bonchev–Trinajstić information content (AvgIpc) is 2.86. The molecule has 5 heteroatoms. The van der Waals surface area contributed by atoms with Gasteiger partial charge < -0.3 is 5.73 Å². The molecule has 0 radical (unpaired) electrons. The van der Waals surface area contributed by atoms with Crippen molar-refractivity contribution in [1.82, 2.24) is 0 Å². The summed E-state index contributed by atoms with van der Waals surface area (Å²) in [5.74, 6) is -0.0615. The van der Waals surface area contributed by atoms with Crippen LogP contribution >= 0.6 is 0 Å². The molecule has 0 amide bonds. The van der Waals surface area contributed by atoms with Gasteiger partial charge >= 0.3 is 0 Å². The predicted molar refractivity (Wildman–Crippen MR) is 81.0 cm³/mol. The number of rotatable bonds is 3. The maximum Gasteiger partial charge on any atom is 0.239 e. The van der Waals surface area contributed by atoms with Crippen molar-refractivity contribution >= 4 is 21.4 Å². The van der Waals surface area contributed by atoms with E-state index in [1.54, 1.807) is 24.3 Å². The maximum atomic E-state index is 12.6. The van der Waals surface area contributed by atoms with E-state index in [2.05, 4.69) is 0 Å². The summed E-state index contributed by atoms with van der Waals surface area (Å²) in [7, 11) is -3.40. The normalized spacial score (nSPS) is 14.3. The van der Waals surface area contributed by atoms with Gasteiger partial charge in [-0.2, -0.15) is 0 Å². The van der Waals surface area contributed by atoms with Crippen LogP contribution < -0.4 is 10.0 Å². The van der Waals surface area contributed by atoms with Crippen LogP contribution in [0.15, 0.2) is 48.5 Å². The zero-order valence-electron chi connectivity index (χ0n) is 11.0. The average molecular weight is 288 g/mol. The number of nitrogens with two attached hydrogens (primary N) is 1. The van der Waals surface area contributed by atoms with Crippen molar-refractivity contribution in [3.05, 3.63) is 59.7 Å². The van der Waals surface area contributed by atoms with Gasteiger partial charge in [0.15, 0.2) is 0 Å². The zero-order chi connectivity index (χ0) is 14.2. The molecule has 0 aliphatic carbocycles. The van der Waals surface area contributed by atoms with E-state index in [-0.39, 0.29) is 5.75 Å². The van der Waals surface area contributed by atoms with Crippen LogP contribution in [0.1, 0.15) is 11.1 Å². The second-order valence-corrected chi connectivity index (χ2v) is 6.80. The highest BCUT2D eigenvalue weighted by atomic mass is 32.2. The van der Waals surface area contributed by atoms with Crippen LogP contribution in [0.4, 0.5) is 11.4 Å². The van der Waals surface area contributed by atoms with Crippen molar-refractivity contribution < 1.29 is 8.42 Å². The van der Waals surface area contributed by atoms with Gasteiger partial charge in [0, 0.05) is 12.2 Å². The van der Waals surface area contributed by atoms with E-state index in [4.69, 9.17) is 5.73 Å². The van der Waals surface area contributed by atoms with Crippen LogP contribution in [-0.4, -0.2) is 15.0 Å². The molecule has 3 rings (SSSR count). The number of hydrogen-bond acceptors (Lipinski definition) is 3. The van der Waals surface area contributed by atoms with E-state index in [0.29, 0.717) is 17.8 Å². The number of anilines is 2. The Balaban J connectivity index is 1.93. The lowest BCUT2D eigenvalue weighted by molar-refractivity contribution is 0.591. The summed E-state index contributed by atoms with van der Waals surface area (Å²) in [5.41, 5.74) is 8.88. The highest BCUT2D eigenvalue weighted by Gasteiger charge is 2.29. The largest absolute Gasteiger partial charge is 0.398 e. The highest BCUT2D eigenvalue weighted by Crippen LogP contribution is 2.31. The number of hydrogen-bond donors (Lipinski definition) is 1. The van der Waals surface area contributed by atoms with E-state index in [1.165, 1.54) is 4.31 Å². The van der Waals surface area contributed by atoms with Crippen molar-refractivity contribution in [2.45, 2.75) is 12.2 Å². The lowest BCUT2D eigenvalue weighted by atomic mass is 10.2. The summed E-state index contributed by atoms with van der Waals surface area (Å²) in [6.45, 7) is 0.508. The van der Waals surface area contributed by atoms with Gasteiger partial charge in [0.05, 0.1) is 11.4 Å². The van der Waals surface area contributed by atoms with Crippen molar-refractivity contribution in [3.63, 3.8) is 0 Å². The van der Waals surface area contributed by atoms with Crippen LogP contribution in [0.25, 0.3) is 0 Å². The minimum absolute atomic E-state index is 0.0615. The summed E-state index contributed by atoms with van der Waals surface area (Å²) >= 11 is 0. The molecule has 0 aromatic heterocycles. The molecule has 0 unspecified atom stereocenters. The standard InChI is InChI=1S/C15H16N2O2S/c16-14-7-3-1-6-13(14)11-20(18,19)17-10-9-12-5-2-4-8-15(12)17/h1-8H,9-11,16H2. The van der Waals surface area contributed by atoms with E-state index in [0.717, 1.165) is 17.7 Å². The van der Waals surface area contributed by atoms with E-state index in [1.807, 2.05) is 24.3 Å². The molecule has 2 aromatic carbocycles. The summed E-state index contributed by atoms with van der Waals surface area (Å²) < 4.78 is 26.7. The number of nitrogens with zero attached hydrogens (tertiary/aromatic N) is 1. The van der Waals surface area contributed by atoms with Gasteiger partial charge in [0.2, 0.25) is 10.0 Å². The number of nitrogen functional groups attached to an aromatic ring is 1. The molecule has 0 atom stereocenters. The molecule has 1 heterocycles. The third-order valence-electron chi connectivity index (χ3n) is 3.57. The minimum atomic E-state index is -3.40. The smallest absolute Gasteiger partial charge is 0.239 e. The van der Waals surface area contributed by atoms with Crippen LogP contribution in [0.5, 0.6) is 0 Å². The van der Waals surface area contributed by atoms with Crippen molar-refractivity contribution in [1.29, 1.82) is 0 Å². The molecule has 1 aliphatic heterocycles. The molecule has 0 bridgehead atoms. The molecule has 4 nitrogen and oxygen atoms in total. The van der Waals surface area contributed by atoms with Gasteiger partial charge in [-0.3, -0.25) is 4.31 Å². The van der Waals surface area contributed by atoms with Gasteiger partial charge in [0.1, 0.15) is 0 Å². The van der Waals surface area contributed by atoms with Crippen LogP contribution in [0.3, 0.4) is 0 Å². The van der Waals surface area contributed by atoms with Gasteiger partial charge in [0.25, 0.3) is 0 Å². The van der Waals surface area contributed by atoms with Gasteiger partial charge in [-0.1, -0.05) is 36.4 Å². The Morgan fingerprint density at radius 2 is 1.75 bits per heavy atom. The lowest BCUT2D eigenvalue weighted by Crippen LogP contribution is -2.30. The topological polar surface area (TPSA) is 63.4 Å². The van der Waals surface area contributed by atoms with Gasteiger partial charge in [-0.15, -0.1) is 0 Å². The fraction of sp³-hybridized carbons (Fsp3) is 0.200. The molecule has 20 heavy (non-hydrogen) atoms. The van der Waals surface area contributed by atoms with E-state index in [9.17, 15) is 8.42 Å². The Morgan fingerprint density at radius 1 is 1.05 bits per heavy atom. The first kappa shape index (κ1) is 13.0. The minimum Gasteiger partial charge on any atom is -0.398 e. The van der Waals surface area contributed by atoms with Crippen LogP contribution in [-0.2, 0) is 22.2 Å². The third-order valence-corrected chi connectivity index (χ3v) is 5.30. The second-order valence-electron chi connectivity index (χ2n) is 4.91. The molecule has 2 N–H and O–H groups in total. The second kappa shape index (κ2) is 4.83. The predicted octanol–water partition coefficient (Wildman–Crippen LogP) is 2.16. The van der Waals surface area contributed by atoms with Crippen molar-refractivity contribution in [2.24, 2.45) is 0 Å². The van der Waals surface area contributed by atoms with Crippen molar-refractivity contribution in [3.8, 4) is 0 Å². The Hall–Kier alpha value is -2.01. The van der Waals surface area contributed by atoms with E-state index < -0.39 is 10.0 Å². The first-order chi connectivity index (χ1) is 9.58. The Labute approximate surface area is 118 Å². The Morgan fingerprint density at radius 3 is 2.55 bits per heavy atom. The fourth-order valence-electron chi connectivity index (χ4n) is 2.54. The molecular weight excluding hydrogens is 272 g/mol. The first-order valence-electron chi connectivity index (χ1n) is 6.49. The molecule has 104 valence electrons. The fourth-order valence-corrected chi connectivity index (χ4v) is 4.20. The Bertz CT molecular complexity index is 741. The quantitative estimate of drug-likeness (QED) is 0.880. The number of fused-ring (bicyclic) bond motifs is 1. The molecule has 1 aliphatic rings. The molecule has 0 saturated carbocycles. The summed E-state index contributed by atoms with van der Waals surface area (Å²) in [4.78, 5) is 0. The maximum absolute atomic E-state index is 12.6. The van der Waals surface area contributed by atoms with Gasteiger partial charge in [-0.05, 0) is 29.7 Å².